The Morgan fingerprint density at radius 1 is 1.19 bits per heavy atom. The molecule has 4 rings (SSSR count). The van der Waals surface area contributed by atoms with E-state index in [4.69, 9.17) is 10.1 Å². The summed E-state index contributed by atoms with van der Waals surface area (Å²) in [7, 11) is 0. The van der Waals surface area contributed by atoms with Crippen molar-refractivity contribution in [3.05, 3.63) is 28.8 Å². The fourth-order valence-electron chi connectivity index (χ4n) is 4.32. The highest BCUT2D eigenvalue weighted by atomic mass is 32.1. The van der Waals surface area contributed by atoms with Gasteiger partial charge in [0.05, 0.1) is 21.8 Å². The molecular weight excluding hydrogens is 358 g/mol. The zero-order chi connectivity index (χ0) is 18.6. The number of aliphatic hydroxyl groups is 1. The van der Waals surface area contributed by atoms with E-state index in [-0.39, 0.29) is 12.5 Å². The molecule has 6 heteroatoms. The quantitative estimate of drug-likeness (QED) is 0.824. The van der Waals surface area contributed by atoms with E-state index in [1.807, 2.05) is 18.2 Å². The summed E-state index contributed by atoms with van der Waals surface area (Å²) in [5.74, 6) is 0.549. The fourth-order valence-corrected chi connectivity index (χ4v) is 5.49. The second-order valence-electron chi connectivity index (χ2n) is 7.88. The van der Waals surface area contributed by atoms with Gasteiger partial charge < -0.3 is 15.3 Å². The van der Waals surface area contributed by atoms with Gasteiger partial charge in [-0.25, -0.2) is 4.98 Å². The summed E-state index contributed by atoms with van der Waals surface area (Å²) in [5, 5.41) is 13.5. The van der Waals surface area contributed by atoms with Crippen molar-refractivity contribution < 1.29 is 9.90 Å². The Morgan fingerprint density at radius 2 is 1.96 bits per heavy atom. The van der Waals surface area contributed by atoms with Gasteiger partial charge in [0, 0.05) is 24.1 Å². The van der Waals surface area contributed by atoms with Crippen LogP contribution < -0.4 is 5.32 Å². The number of aliphatic hydroxyl groups excluding tert-OH is 1. The van der Waals surface area contributed by atoms with Crippen LogP contribution in [0, 0.1) is 0 Å². The van der Waals surface area contributed by atoms with Crippen molar-refractivity contribution in [1.29, 1.82) is 0 Å². The number of likely N-dealkylation sites (tertiary alicyclic amines) is 1. The standard InChI is InChI=1S/C21H29N3O2S/c25-13-12-24-10-8-15(9-11-24)21-23-18-7-6-16(14-19(18)27-21)20(26)22-17-4-2-1-3-5-17/h6-7,14-15,17,25H,1-5,8-13H2,(H,22,26). The van der Waals surface area contributed by atoms with Crippen LogP contribution in [0.1, 0.15) is 66.2 Å². The molecule has 2 fully saturated rings. The van der Waals surface area contributed by atoms with Crippen LogP contribution in [0.4, 0.5) is 0 Å². The van der Waals surface area contributed by atoms with Crippen LogP contribution in [0.25, 0.3) is 10.2 Å². The summed E-state index contributed by atoms with van der Waals surface area (Å²) in [6.45, 7) is 3.05. The van der Waals surface area contributed by atoms with E-state index in [1.165, 1.54) is 24.3 Å². The monoisotopic (exact) mass is 387 g/mol. The summed E-state index contributed by atoms with van der Waals surface area (Å²) < 4.78 is 1.11. The lowest BCUT2D eigenvalue weighted by molar-refractivity contribution is 0.0928. The maximum absolute atomic E-state index is 12.6. The minimum absolute atomic E-state index is 0.0519. The number of nitrogens with zero attached hydrogens (tertiary/aromatic N) is 2. The Morgan fingerprint density at radius 3 is 2.70 bits per heavy atom. The highest BCUT2D eigenvalue weighted by Crippen LogP contribution is 2.34. The molecule has 5 nitrogen and oxygen atoms in total. The first kappa shape index (κ1) is 18.8. The number of amides is 1. The van der Waals surface area contributed by atoms with Gasteiger partial charge in [-0.15, -0.1) is 11.3 Å². The highest BCUT2D eigenvalue weighted by molar-refractivity contribution is 7.18. The third-order valence-electron chi connectivity index (χ3n) is 5.96. The lowest BCUT2D eigenvalue weighted by atomic mass is 9.95. The minimum Gasteiger partial charge on any atom is -0.395 e. The molecule has 0 radical (unpaired) electrons. The Labute approximate surface area is 164 Å². The van der Waals surface area contributed by atoms with Crippen LogP contribution >= 0.6 is 11.3 Å². The lowest BCUT2D eigenvalue weighted by Gasteiger charge is -2.30. The molecule has 2 aromatic rings. The third kappa shape index (κ3) is 4.50. The van der Waals surface area contributed by atoms with Crippen molar-refractivity contribution in [2.24, 2.45) is 0 Å². The van der Waals surface area contributed by atoms with E-state index in [1.54, 1.807) is 11.3 Å². The maximum Gasteiger partial charge on any atom is 0.251 e. The molecule has 146 valence electrons. The molecule has 1 saturated heterocycles. The summed E-state index contributed by atoms with van der Waals surface area (Å²) in [6, 6.07) is 6.25. The second kappa shape index (κ2) is 8.67. The Bertz CT molecular complexity index is 777. The molecule has 0 atom stereocenters. The molecule has 1 amide bonds. The van der Waals surface area contributed by atoms with Crippen molar-refractivity contribution in [2.45, 2.75) is 56.9 Å². The molecule has 2 N–H and O–H groups in total. The first-order chi connectivity index (χ1) is 13.2. The second-order valence-corrected chi connectivity index (χ2v) is 8.94. The average molecular weight is 388 g/mol. The topological polar surface area (TPSA) is 65.5 Å². The molecule has 1 aromatic carbocycles. The lowest BCUT2D eigenvalue weighted by Crippen LogP contribution is -2.36. The van der Waals surface area contributed by atoms with Gasteiger partial charge in [-0.1, -0.05) is 19.3 Å². The average Bonchev–Trinajstić information content (AvgIpc) is 3.13. The van der Waals surface area contributed by atoms with Gasteiger partial charge in [0.2, 0.25) is 0 Å². The molecule has 0 bridgehead atoms. The van der Waals surface area contributed by atoms with Gasteiger partial charge in [0.15, 0.2) is 0 Å². The predicted molar refractivity (Wildman–Crippen MR) is 109 cm³/mol. The number of piperidine rings is 1. The van der Waals surface area contributed by atoms with E-state index in [9.17, 15) is 4.79 Å². The molecule has 1 aliphatic carbocycles. The Hall–Kier alpha value is -1.50. The van der Waals surface area contributed by atoms with Crippen LogP contribution in [0.2, 0.25) is 0 Å². The smallest absolute Gasteiger partial charge is 0.251 e. The summed E-state index contributed by atoms with van der Waals surface area (Å²) >= 11 is 1.74. The molecule has 1 saturated carbocycles. The summed E-state index contributed by atoms with van der Waals surface area (Å²) in [4.78, 5) is 19.8. The van der Waals surface area contributed by atoms with Crippen molar-refractivity contribution in [2.75, 3.05) is 26.2 Å². The van der Waals surface area contributed by atoms with E-state index in [2.05, 4.69) is 10.2 Å². The highest BCUT2D eigenvalue weighted by Gasteiger charge is 2.23. The molecule has 2 aliphatic rings. The number of nitrogens with one attached hydrogen (secondary N) is 1. The number of rotatable bonds is 5. The van der Waals surface area contributed by atoms with E-state index >= 15 is 0 Å². The molecule has 27 heavy (non-hydrogen) atoms. The van der Waals surface area contributed by atoms with E-state index < -0.39 is 0 Å². The molecule has 0 unspecified atom stereocenters. The number of hydrogen-bond donors (Lipinski definition) is 2. The largest absolute Gasteiger partial charge is 0.395 e. The van der Waals surface area contributed by atoms with Gasteiger partial charge in [-0.05, 0) is 57.0 Å². The van der Waals surface area contributed by atoms with Gasteiger partial charge in [-0.3, -0.25) is 4.79 Å². The van der Waals surface area contributed by atoms with Crippen LogP contribution in [0.15, 0.2) is 18.2 Å². The molecule has 2 heterocycles. The normalized spacial score (nSPS) is 20.2. The number of thiazole rings is 1. The summed E-state index contributed by atoms with van der Waals surface area (Å²) in [6.07, 6.45) is 8.13. The first-order valence-electron chi connectivity index (χ1n) is 10.3. The number of benzene rings is 1. The van der Waals surface area contributed by atoms with Gasteiger partial charge in [0.1, 0.15) is 0 Å². The van der Waals surface area contributed by atoms with E-state index in [0.717, 1.165) is 61.1 Å². The van der Waals surface area contributed by atoms with Gasteiger partial charge >= 0.3 is 0 Å². The molecule has 1 aromatic heterocycles. The van der Waals surface area contributed by atoms with Crippen LogP contribution in [0.5, 0.6) is 0 Å². The van der Waals surface area contributed by atoms with Gasteiger partial charge in [0.25, 0.3) is 5.91 Å². The van der Waals surface area contributed by atoms with Crippen LogP contribution in [-0.2, 0) is 0 Å². The number of carbonyl (C=O) groups excluding carboxylic acids is 1. The van der Waals surface area contributed by atoms with Crippen LogP contribution in [-0.4, -0.2) is 53.2 Å². The third-order valence-corrected chi connectivity index (χ3v) is 7.14. The molecule has 1 aliphatic heterocycles. The van der Waals surface area contributed by atoms with E-state index in [0.29, 0.717) is 12.0 Å². The maximum atomic E-state index is 12.6. The fraction of sp³-hybridized carbons (Fsp3) is 0.619. The van der Waals surface area contributed by atoms with Crippen LogP contribution in [0.3, 0.4) is 0 Å². The predicted octanol–water partition coefficient (Wildman–Crippen LogP) is 3.53. The zero-order valence-electron chi connectivity index (χ0n) is 15.8. The number of hydrogen-bond acceptors (Lipinski definition) is 5. The zero-order valence-corrected chi connectivity index (χ0v) is 16.6. The van der Waals surface area contributed by atoms with Gasteiger partial charge in [-0.2, -0.15) is 0 Å². The molecular formula is C21H29N3O2S. The number of aromatic nitrogens is 1. The SMILES string of the molecule is O=C(NC1CCCCC1)c1ccc2nc(C3CCN(CCO)CC3)sc2c1. The van der Waals surface area contributed by atoms with Crippen molar-refractivity contribution in [3.8, 4) is 0 Å². The summed E-state index contributed by atoms with van der Waals surface area (Å²) in [5.41, 5.74) is 1.75. The van der Waals surface area contributed by atoms with Crippen molar-refractivity contribution in [1.82, 2.24) is 15.2 Å². The van der Waals surface area contributed by atoms with Crippen molar-refractivity contribution in [3.63, 3.8) is 0 Å². The Kier molecular flexibility index (Phi) is 6.05. The minimum atomic E-state index is 0.0519. The van der Waals surface area contributed by atoms with Crippen molar-refractivity contribution >= 4 is 27.5 Å². The first-order valence-corrected chi connectivity index (χ1v) is 11.1. The molecule has 0 spiro atoms. The number of carbonyl (C=O) groups is 1. The number of fused-ring (bicyclic) bond motifs is 1. The Balaban J connectivity index is 1.43. The number of β-amino-alcohol motifs (C(OH)–C–C–N with tert-alkyl or cyclic N) is 1.